The summed E-state index contributed by atoms with van der Waals surface area (Å²) in [5, 5.41) is 0.564. The molecule has 0 unspecified atom stereocenters. The molecule has 0 radical (unpaired) electrons. The summed E-state index contributed by atoms with van der Waals surface area (Å²) >= 11 is 3.19. The number of rotatable bonds is 1. The summed E-state index contributed by atoms with van der Waals surface area (Å²) in [6.07, 6.45) is 0. The van der Waals surface area contributed by atoms with E-state index in [1.165, 1.54) is 7.11 Å². The Morgan fingerprint density at radius 3 is 2.93 bits per heavy atom. The highest BCUT2D eigenvalue weighted by molar-refractivity contribution is 9.09. The zero-order valence-electron chi connectivity index (χ0n) is 8.21. The van der Waals surface area contributed by atoms with Crippen molar-refractivity contribution >= 4 is 27.6 Å². The minimum Gasteiger partial charge on any atom is -0.465 e. The molecule has 4 heteroatoms. The number of esters is 1. The highest BCUT2D eigenvalue weighted by atomic mass is 79.9. The molecular weight excluding hydrogens is 258 g/mol. The first-order valence-electron chi connectivity index (χ1n) is 4.21. The molecule has 0 fully saturated rings. The second-order valence-corrected chi connectivity index (χ2v) is 3.29. The number of carbonyl (C=O) groups is 1. The molecular formula is C11H10BrNO2. The average molecular weight is 268 g/mol. The Hall–Kier alpha value is -1.47. The Balaban J connectivity index is 3.10. The third-order valence-electron chi connectivity index (χ3n) is 1.76. The lowest BCUT2D eigenvalue weighted by Gasteiger charge is -2.02. The van der Waals surface area contributed by atoms with Gasteiger partial charge in [-0.05, 0) is 18.2 Å². The van der Waals surface area contributed by atoms with Gasteiger partial charge in [0.05, 0.1) is 18.0 Å². The van der Waals surface area contributed by atoms with Crippen molar-refractivity contribution in [1.29, 1.82) is 0 Å². The second-order valence-electron chi connectivity index (χ2n) is 2.73. The number of carbonyl (C=O) groups excluding carboxylic acids is 1. The normalized spacial score (nSPS) is 8.93. The molecule has 1 aromatic carbocycles. The van der Waals surface area contributed by atoms with Crippen molar-refractivity contribution < 1.29 is 9.53 Å². The van der Waals surface area contributed by atoms with E-state index in [-0.39, 0.29) is 0 Å². The number of methoxy groups -OCH3 is 1. The molecule has 0 heterocycles. The standard InChI is InChI=1S/C11H10BrNO2/c1-15-11(14)9-4-5-10(13)8(7-9)3-2-6-12/h4-5,7H,6,13H2,1H3. The number of benzene rings is 1. The van der Waals surface area contributed by atoms with Crippen molar-refractivity contribution in [3.8, 4) is 11.8 Å². The molecule has 0 aliphatic rings. The molecule has 0 amide bonds. The third-order valence-corrected chi connectivity index (χ3v) is 2.04. The highest BCUT2D eigenvalue weighted by Gasteiger charge is 2.06. The van der Waals surface area contributed by atoms with E-state index in [1.807, 2.05) is 0 Å². The van der Waals surface area contributed by atoms with E-state index in [2.05, 4.69) is 32.5 Å². The molecule has 0 aliphatic heterocycles. The molecule has 78 valence electrons. The van der Waals surface area contributed by atoms with Crippen LogP contribution in [-0.4, -0.2) is 18.4 Å². The van der Waals surface area contributed by atoms with E-state index < -0.39 is 5.97 Å². The first-order chi connectivity index (χ1) is 7.19. The molecule has 15 heavy (non-hydrogen) atoms. The minimum absolute atomic E-state index is 0.392. The highest BCUT2D eigenvalue weighted by Crippen LogP contribution is 2.13. The Morgan fingerprint density at radius 1 is 1.60 bits per heavy atom. The van der Waals surface area contributed by atoms with Crippen LogP contribution in [0.5, 0.6) is 0 Å². The van der Waals surface area contributed by atoms with Gasteiger partial charge >= 0.3 is 5.97 Å². The van der Waals surface area contributed by atoms with Crippen molar-refractivity contribution in [3.05, 3.63) is 29.3 Å². The molecule has 0 aliphatic carbocycles. The first-order valence-corrected chi connectivity index (χ1v) is 5.34. The summed E-state index contributed by atoms with van der Waals surface area (Å²) < 4.78 is 4.60. The van der Waals surface area contributed by atoms with E-state index >= 15 is 0 Å². The van der Waals surface area contributed by atoms with Gasteiger partial charge in [-0.15, -0.1) is 0 Å². The molecule has 0 aromatic heterocycles. The van der Waals surface area contributed by atoms with E-state index in [4.69, 9.17) is 5.73 Å². The fraction of sp³-hybridized carbons (Fsp3) is 0.182. The SMILES string of the molecule is COC(=O)c1ccc(N)c(C#CCBr)c1. The van der Waals surface area contributed by atoms with Crippen LogP contribution in [0.3, 0.4) is 0 Å². The molecule has 0 saturated heterocycles. The van der Waals surface area contributed by atoms with Gasteiger partial charge < -0.3 is 10.5 Å². The van der Waals surface area contributed by atoms with Gasteiger partial charge in [-0.25, -0.2) is 4.79 Å². The van der Waals surface area contributed by atoms with Crippen LogP contribution in [0.25, 0.3) is 0 Å². The summed E-state index contributed by atoms with van der Waals surface area (Å²) in [4.78, 5) is 11.2. The topological polar surface area (TPSA) is 52.3 Å². The number of nitrogen functional groups attached to an aromatic ring is 1. The smallest absolute Gasteiger partial charge is 0.337 e. The predicted molar refractivity (Wildman–Crippen MR) is 62.9 cm³/mol. The fourth-order valence-corrected chi connectivity index (χ4v) is 1.18. The van der Waals surface area contributed by atoms with E-state index in [0.717, 1.165) is 0 Å². The van der Waals surface area contributed by atoms with Crippen LogP contribution in [-0.2, 0) is 4.74 Å². The zero-order valence-corrected chi connectivity index (χ0v) is 9.80. The molecule has 0 saturated carbocycles. The Labute approximate surface area is 96.7 Å². The lowest BCUT2D eigenvalue weighted by Crippen LogP contribution is -2.02. The summed E-state index contributed by atoms with van der Waals surface area (Å²) in [7, 11) is 1.34. The second kappa shape index (κ2) is 5.42. The minimum atomic E-state index is -0.392. The van der Waals surface area contributed by atoms with E-state index in [0.29, 0.717) is 22.1 Å². The van der Waals surface area contributed by atoms with E-state index in [9.17, 15) is 4.79 Å². The fourth-order valence-electron chi connectivity index (χ4n) is 1.04. The van der Waals surface area contributed by atoms with Gasteiger partial charge in [-0.1, -0.05) is 27.8 Å². The quantitative estimate of drug-likeness (QED) is 0.366. The van der Waals surface area contributed by atoms with Crippen molar-refractivity contribution in [2.24, 2.45) is 0 Å². The third kappa shape index (κ3) is 3.00. The summed E-state index contributed by atoms with van der Waals surface area (Å²) in [6.45, 7) is 0. The van der Waals surface area contributed by atoms with Crippen molar-refractivity contribution in [1.82, 2.24) is 0 Å². The monoisotopic (exact) mass is 267 g/mol. The van der Waals surface area contributed by atoms with Crippen LogP contribution in [0.4, 0.5) is 5.69 Å². The lowest BCUT2D eigenvalue weighted by molar-refractivity contribution is 0.0600. The van der Waals surface area contributed by atoms with Crippen LogP contribution >= 0.6 is 15.9 Å². The van der Waals surface area contributed by atoms with Gasteiger partial charge in [-0.3, -0.25) is 0 Å². The number of ether oxygens (including phenoxy) is 1. The van der Waals surface area contributed by atoms with E-state index in [1.54, 1.807) is 18.2 Å². The summed E-state index contributed by atoms with van der Waals surface area (Å²) in [6, 6.07) is 4.88. The Kier molecular flexibility index (Phi) is 4.19. The maximum Gasteiger partial charge on any atom is 0.337 e. The van der Waals surface area contributed by atoms with Crippen LogP contribution in [0, 0.1) is 11.8 Å². The predicted octanol–water partition coefficient (Wildman–Crippen LogP) is 1.80. The number of alkyl halides is 1. The number of nitrogens with two attached hydrogens (primary N) is 1. The molecule has 0 spiro atoms. The lowest BCUT2D eigenvalue weighted by atomic mass is 10.1. The molecule has 1 rings (SSSR count). The first kappa shape index (κ1) is 11.6. The summed E-state index contributed by atoms with van der Waals surface area (Å²) in [5.74, 6) is 5.28. The molecule has 3 nitrogen and oxygen atoms in total. The van der Waals surface area contributed by atoms with Gasteiger partial charge in [0.15, 0.2) is 0 Å². The maximum atomic E-state index is 11.2. The van der Waals surface area contributed by atoms with Gasteiger partial charge in [0.25, 0.3) is 0 Å². The van der Waals surface area contributed by atoms with Crippen LogP contribution in [0.1, 0.15) is 15.9 Å². The van der Waals surface area contributed by atoms with Gasteiger partial charge in [0, 0.05) is 11.3 Å². The Bertz CT molecular complexity index is 432. The Morgan fingerprint density at radius 2 is 2.33 bits per heavy atom. The van der Waals surface area contributed by atoms with Crippen LogP contribution in [0.15, 0.2) is 18.2 Å². The van der Waals surface area contributed by atoms with Gasteiger partial charge in [-0.2, -0.15) is 0 Å². The van der Waals surface area contributed by atoms with Crippen LogP contribution in [0.2, 0.25) is 0 Å². The number of hydrogen-bond donors (Lipinski definition) is 1. The molecule has 0 atom stereocenters. The maximum absolute atomic E-state index is 11.2. The molecule has 1 aromatic rings. The number of halogens is 1. The van der Waals surface area contributed by atoms with Crippen molar-refractivity contribution in [2.75, 3.05) is 18.2 Å². The number of anilines is 1. The van der Waals surface area contributed by atoms with Crippen molar-refractivity contribution in [3.63, 3.8) is 0 Å². The molecule has 2 N–H and O–H groups in total. The zero-order chi connectivity index (χ0) is 11.3. The molecule has 0 bridgehead atoms. The van der Waals surface area contributed by atoms with Gasteiger partial charge in [0.1, 0.15) is 0 Å². The van der Waals surface area contributed by atoms with Crippen molar-refractivity contribution in [2.45, 2.75) is 0 Å². The average Bonchev–Trinajstić information content (AvgIpc) is 2.27. The largest absolute Gasteiger partial charge is 0.465 e. The number of hydrogen-bond acceptors (Lipinski definition) is 3. The summed E-state index contributed by atoms with van der Waals surface area (Å²) in [5.41, 5.74) is 7.34. The van der Waals surface area contributed by atoms with Crippen LogP contribution < -0.4 is 5.73 Å². The van der Waals surface area contributed by atoms with Gasteiger partial charge in [0.2, 0.25) is 0 Å².